The van der Waals surface area contributed by atoms with Gasteiger partial charge in [0.05, 0.1) is 6.61 Å². The van der Waals surface area contributed by atoms with Crippen LogP contribution in [0.4, 0.5) is 0 Å². The molecule has 138 valence electrons. The molecule has 1 N–H and O–H groups in total. The van der Waals surface area contributed by atoms with E-state index in [1.165, 1.54) is 0 Å². The summed E-state index contributed by atoms with van der Waals surface area (Å²) in [6, 6.07) is 25.7. The van der Waals surface area contributed by atoms with Gasteiger partial charge in [-0.25, -0.2) is 4.79 Å². The Morgan fingerprint density at radius 2 is 1.41 bits per heavy atom. The van der Waals surface area contributed by atoms with Crippen LogP contribution in [0.5, 0.6) is 11.5 Å². The predicted octanol–water partition coefficient (Wildman–Crippen LogP) is 4.47. The van der Waals surface area contributed by atoms with Crippen molar-refractivity contribution in [3.8, 4) is 11.5 Å². The summed E-state index contributed by atoms with van der Waals surface area (Å²) < 4.78 is 10.9. The van der Waals surface area contributed by atoms with E-state index in [2.05, 4.69) is 0 Å². The molecule has 0 bridgehead atoms. The molecule has 4 nitrogen and oxygen atoms in total. The van der Waals surface area contributed by atoms with Gasteiger partial charge in [-0.2, -0.15) is 0 Å². The van der Waals surface area contributed by atoms with Gasteiger partial charge in [-0.15, -0.1) is 0 Å². The van der Waals surface area contributed by atoms with Crippen molar-refractivity contribution in [1.29, 1.82) is 0 Å². The van der Waals surface area contributed by atoms with Gasteiger partial charge in [0.15, 0.2) is 5.60 Å². The number of hydrogen-bond acceptors (Lipinski definition) is 4. The van der Waals surface area contributed by atoms with Gasteiger partial charge in [0.1, 0.15) is 11.5 Å². The van der Waals surface area contributed by atoms with Crippen LogP contribution < -0.4 is 4.74 Å². The second-order valence-corrected chi connectivity index (χ2v) is 6.18. The Labute approximate surface area is 159 Å². The number of hydrogen-bond donors (Lipinski definition) is 1. The SMILES string of the molecule is CCOC(=O)[C@@](O)(Cc1ccccc1)c1ccc(Oc2ccccc2)cc1. The Kier molecular flexibility index (Phi) is 5.89. The smallest absolute Gasteiger partial charge is 0.343 e. The highest BCUT2D eigenvalue weighted by Crippen LogP contribution is 2.30. The quantitative estimate of drug-likeness (QED) is 0.630. The molecule has 0 heterocycles. The Bertz CT molecular complexity index is 860. The van der Waals surface area contributed by atoms with Crippen LogP contribution in [0.1, 0.15) is 18.1 Å². The van der Waals surface area contributed by atoms with Crippen molar-refractivity contribution in [3.63, 3.8) is 0 Å². The molecule has 0 aliphatic rings. The number of carbonyl (C=O) groups is 1. The number of para-hydroxylation sites is 1. The van der Waals surface area contributed by atoms with Crippen LogP contribution in [0.15, 0.2) is 84.9 Å². The lowest BCUT2D eigenvalue weighted by molar-refractivity contribution is -0.166. The highest BCUT2D eigenvalue weighted by molar-refractivity contribution is 5.81. The lowest BCUT2D eigenvalue weighted by Gasteiger charge is -2.26. The maximum atomic E-state index is 12.5. The Hall–Kier alpha value is -3.11. The molecular formula is C23H22O4. The van der Waals surface area contributed by atoms with Crippen LogP contribution in [0.2, 0.25) is 0 Å². The zero-order chi connectivity index (χ0) is 19.1. The average Bonchev–Trinajstić information content (AvgIpc) is 2.70. The molecular weight excluding hydrogens is 340 g/mol. The molecule has 0 fully saturated rings. The van der Waals surface area contributed by atoms with Crippen molar-refractivity contribution >= 4 is 5.97 Å². The first kappa shape index (κ1) is 18.7. The van der Waals surface area contributed by atoms with E-state index in [1.807, 2.05) is 60.7 Å². The normalized spacial score (nSPS) is 12.8. The molecule has 3 aromatic rings. The van der Waals surface area contributed by atoms with E-state index in [-0.39, 0.29) is 13.0 Å². The first-order valence-corrected chi connectivity index (χ1v) is 8.89. The van der Waals surface area contributed by atoms with E-state index in [4.69, 9.17) is 9.47 Å². The maximum Gasteiger partial charge on any atom is 0.343 e. The van der Waals surface area contributed by atoms with Crippen LogP contribution in [-0.4, -0.2) is 17.7 Å². The lowest BCUT2D eigenvalue weighted by atomic mass is 9.87. The van der Waals surface area contributed by atoms with Crippen LogP contribution in [0, 0.1) is 0 Å². The number of rotatable bonds is 7. The fourth-order valence-electron chi connectivity index (χ4n) is 2.86. The van der Waals surface area contributed by atoms with E-state index in [0.29, 0.717) is 11.3 Å². The second-order valence-electron chi connectivity index (χ2n) is 6.18. The summed E-state index contributed by atoms with van der Waals surface area (Å²) in [4.78, 5) is 12.5. The Balaban J connectivity index is 1.86. The molecule has 0 aliphatic carbocycles. The average molecular weight is 362 g/mol. The number of carbonyl (C=O) groups excluding carboxylic acids is 1. The summed E-state index contributed by atoms with van der Waals surface area (Å²) in [6.45, 7) is 1.92. The van der Waals surface area contributed by atoms with E-state index in [0.717, 1.165) is 11.3 Å². The fraction of sp³-hybridized carbons (Fsp3) is 0.174. The minimum atomic E-state index is -1.76. The Morgan fingerprint density at radius 1 is 0.852 bits per heavy atom. The van der Waals surface area contributed by atoms with Gasteiger partial charge in [-0.05, 0) is 42.3 Å². The van der Waals surface area contributed by atoms with Crippen LogP contribution in [0.3, 0.4) is 0 Å². The molecule has 1 atom stereocenters. The third kappa shape index (κ3) is 4.54. The van der Waals surface area contributed by atoms with E-state index < -0.39 is 11.6 Å². The molecule has 27 heavy (non-hydrogen) atoms. The van der Waals surface area contributed by atoms with E-state index in [1.54, 1.807) is 31.2 Å². The lowest BCUT2D eigenvalue weighted by Crippen LogP contribution is -2.39. The van der Waals surface area contributed by atoms with Crippen LogP contribution >= 0.6 is 0 Å². The zero-order valence-electron chi connectivity index (χ0n) is 15.2. The molecule has 0 spiro atoms. The standard InChI is InChI=1S/C23H22O4/c1-2-26-22(24)23(25,17-18-9-5-3-6-10-18)19-13-15-21(16-14-19)27-20-11-7-4-8-12-20/h3-16,25H,2,17H2,1H3/t23-/m1/s1. The molecule has 3 aromatic carbocycles. The minimum Gasteiger partial charge on any atom is -0.464 e. The van der Waals surface area contributed by atoms with Gasteiger partial charge in [-0.3, -0.25) is 0 Å². The second kappa shape index (κ2) is 8.52. The minimum absolute atomic E-state index is 0.131. The van der Waals surface area contributed by atoms with E-state index >= 15 is 0 Å². The third-order valence-electron chi connectivity index (χ3n) is 4.23. The molecule has 3 rings (SSSR count). The largest absolute Gasteiger partial charge is 0.464 e. The molecule has 4 heteroatoms. The highest BCUT2D eigenvalue weighted by Gasteiger charge is 2.39. The van der Waals surface area contributed by atoms with Gasteiger partial charge in [0.2, 0.25) is 0 Å². The third-order valence-corrected chi connectivity index (χ3v) is 4.23. The molecule has 0 saturated heterocycles. The monoisotopic (exact) mass is 362 g/mol. The number of ether oxygens (including phenoxy) is 2. The van der Waals surface area contributed by atoms with Gasteiger partial charge >= 0.3 is 5.97 Å². The van der Waals surface area contributed by atoms with Gasteiger partial charge in [0, 0.05) is 6.42 Å². The van der Waals surface area contributed by atoms with Gasteiger partial charge in [-0.1, -0.05) is 60.7 Å². The maximum absolute atomic E-state index is 12.5. The van der Waals surface area contributed by atoms with Crippen molar-refractivity contribution in [2.75, 3.05) is 6.61 Å². The van der Waals surface area contributed by atoms with E-state index in [9.17, 15) is 9.90 Å². The molecule has 0 unspecified atom stereocenters. The number of esters is 1. The summed E-state index contributed by atoms with van der Waals surface area (Å²) in [6.07, 6.45) is 0.131. The van der Waals surface area contributed by atoms with Crippen molar-refractivity contribution in [2.24, 2.45) is 0 Å². The number of benzene rings is 3. The van der Waals surface area contributed by atoms with Crippen molar-refractivity contribution in [2.45, 2.75) is 18.9 Å². The fourth-order valence-corrected chi connectivity index (χ4v) is 2.86. The summed E-state index contributed by atoms with van der Waals surface area (Å²) >= 11 is 0. The van der Waals surface area contributed by atoms with Gasteiger partial charge in [0.25, 0.3) is 0 Å². The van der Waals surface area contributed by atoms with Crippen LogP contribution in [0.25, 0.3) is 0 Å². The van der Waals surface area contributed by atoms with Crippen molar-refractivity contribution in [3.05, 3.63) is 96.1 Å². The summed E-state index contributed by atoms with van der Waals surface area (Å²) in [7, 11) is 0. The molecule has 0 aliphatic heterocycles. The molecule has 0 amide bonds. The zero-order valence-corrected chi connectivity index (χ0v) is 15.2. The number of aliphatic hydroxyl groups is 1. The molecule has 0 aromatic heterocycles. The highest BCUT2D eigenvalue weighted by atomic mass is 16.5. The first-order chi connectivity index (χ1) is 13.1. The van der Waals surface area contributed by atoms with Crippen LogP contribution in [-0.2, 0) is 21.6 Å². The van der Waals surface area contributed by atoms with Crippen molar-refractivity contribution in [1.82, 2.24) is 0 Å². The summed E-state index contributed by atoms with van der Waals surface area (Å²) in [5.74, 6) is 0.677. The predicted molar refractivity (Wildman–Crippen MR) is 104 cm³/mol. The summed E-state index contributed by atoms with van der Waals surface area (Å²) in [5.41, 5.74) is -0.453. The van der Waals surface area contributed by atoms with Crippen molar-refractivity contribution < 1.29 is 19.4 Å². The first-order valence-electron chi connectivity index (χ1n) is 8.89. The van der Waals surface area contributed by atoms with Gasteiger partial charge < -0.3 is 14.6 Å². The summed E-state index contributed by atoms with van der Waals surface area (Å²) in [5, 5.41) is 11.2. The topological polar surface area (TPSA) is 55.8 Å². The molecule has 0 radical (unpaired) electrons. The Morgan fingerprint density at radius 3 is 2.00 bits per heavy atom. The molecule has 0 saturated carbocycles.